The third-order valence-corrected chi connectivity index (χ3v) is 4.71. The van der Waals surface area contributed by atoms with E-state index in [9.17, 15) is 4.79 Å². The number of rotatable bonds is 3. The molecule has 1 heterocycles. The number of anilines is 2. The highest BCUT2D eigenvalue weighted by molar-refractivity contribution is 6.07. The zero-order valence-corrected chi connectivity index (χ0v) is 15.4. The molecule has 0 spiro atoms. The Kier molecular flexibility index (Phi) is 4.65. The highest BCUT2D eigenvalue weighted by atomic mass is 16.2. The molecule has 0 unspecified atom stereocenters. The molecule has 0 bridgehead atoms. The van der Waals surface area contributed by atoms with E-state index in [1.165, 1.54) is 0 Å². The fourth-order valence-electron chi connectivity index (χ4n) is 3.14. The van der Waals surface area contributed by atoms with Gasteiger partial charge in [0.05, 0.1) is 18.2 Å². The van der Waals surface area contributed by atoms with Crippen molar-refractivity contribution in [2.45, 2.75) is 0 Å². The van der Waals surface area contributed by atoms with Crippen LogP contribution >= 0.6 is 0 Å². The summed E-state index contributed by atoms with van der Waals surface area (Å²) < 4.78 is 0. The molecule has 0 saturated heterocycles. The average Bonchev–Trinajstić information content (AvgIpc) is 3.25. The van der Waals surface area contributed by atoms with E-state index in [2.05, 4.69) is 21.7 Å². The smallest absolute Gasteiger partial charge is 0.258 e. The molecule has 3 aromatic carbocycles. The maximum absolute atomic E-state index is 12.9. The molecule has 28 heavy (non-hydrogen) atoms. The van der Waals surface area contributed by atoms with Crippen LogP contribution in [0.5, 0.6) is 0 Å². The van der Waals surface area contributed by atoms with Crippen LogP contribution in [0.15, 0.2) is 65.7 Å². The molecule has 0 fully saturated rings. The van der Waals surface area contributed by atoms with E-state index in [-0.39, 0.29) is 5.91 Å². The molecule has 1 aliphatic heterocycles. The van der Waals surface area contributed by atoms with Crippen molar-refractivity contribution < 1.29 is 4.79 Å². The topological polar surface area (TPSA) is 80.5 Å². The summed E-state index contributed by atoms with van der Waals surface area (Å²) in [6.07, 6.45) is 0. The molecule has 4 rings (SSSR count). The fraction of sp³-hybridized carbons (Fsp3) is 0.136. The molecule has 3 aromatic rings. The van der Waals surface area contributed by atoms with Gasteiger partial charge in [0.2, 0.25) is 0 Å². The first-order chi connectivity index (χ1) is 13.6. The third kappa shape index (κ3) is 3.51. The normalized spacial score (nSPS) is 12.8. The number of amides is 1. The first kappa shape index (κ1) is 17.6. The number of nitriles is 1. The van der Waals surface area contributed by atoms with Crippen molar-refractivity contribution in [2.75, 3.05) is 30.4 Å². The van der Waals surface area contributed by atoms with Gasteiger partial charge >= 0.3 is 0 Å². The van der Waals surface area contributed by atoms with E-state index in [1.54, 1.807) is 30.1 Å². The maximum atomic E-state index is 12.9. The van der Waals surface area contributed by atoms with Crippen molar-refractivity contribution in [1.82, 2.24) is 5.32 Å². The Hall–Kier alpha value is -3.85. The minimum Gasteiger partial charge on any atom is -0.354 e. The SMILES string of the molecule is CN(C(=O)c1ccc(NC2=NCCN2)cc1)c1ccc2cc(C#N)ccc2c1. The standard InChI is InChI=1S/C22H19N5O/c1-27(20-9-6-17-12-15(14-23)2-3-18(17)13-20)21(28)16-4-7-19(8-5-16)26-22-24-10-11-25-22/h2-9,12-13H,10-11H2,1H3,(H2,24,25,26). The van der Waals surface area contributed by atoms with Crippen LogP contribution in [0.2, 0.25) is 0 Å². The van der Waals surface area contributed by atoms with Crippen molar-refractivity contribution >= 4 is 34.0 Å². The number of nitrogens with zero attached hydrogens (tertiary/aromatic N) is 3. The molecule has 0 saturated carbocycles. The average molecular weight is 369 g/mol. The van der Waals surface area contributed by atoms with E-state index >= 15 is 0 Å². The summed E-state index contributed by atoms with van der Waals surface area (Å²) >= 11 is 0. The van der Waals surface area contributed by atoms with Gasteiger partial charge in [-0.05, 0) is 59.3 Å². The molecule has 1 aliphatic rings. The molecule has 6 nitrogen and oxygen atoms in total. The molecule has 0 atom stereocenters. The summed E-state index contributed by atoms with van der Waals surface area (Å²) in [7, 11) is 1.76. The zero-order chi connectivity index (χ0) is 19.5. The van der Waals surface area contributed by atoms with E-state index in [0.29, 0.717) is 11.1 Å². The summed E-state index contributed by atoms with van der Waals surface area (Å²) in [6.45, 7) is 1.61. The van der Waals surface area contributed by atoms with Crippen LogP contribution < -0.4 is 15.5 Å². The number of benzene rings is 3. The van der Waals surface area contributed by atoms with Gasteiger partial charge in [-0.2, -0.15) is 5.26 Å². The predicted molar refractivity (Wildman–Crippen MR) is 112 cm³/mol. The van der Waals surface area contributed by atoms with Gasteiger partial charge in [-0.3, -0.25) is 9.79 Å². The Bertz CT molecular complexity index is 1110. The Morgan fingerprint density at radius 3 is 2.57 bits per heavy atom. The molecule has 2 N–H and O–H groups in total. The van der Waals surface area contributed by atoms with E-state index < -0.39 is 0 Å². The molecule has 1 amide bonds. The van der Waals surface area contributed by atoms with Gasteiger partial charge in [-0.1, -0.05) is 12.1 Å². The summed E-state index contributed by atoms with van der Waals surface area (Å²) in [6, 6.07) is 20.8. The van der Waals surface area contributed by atoms with E-state index in [4.69, 9.17) is 5.26 Å². The number of hydrogen-bond acceptors (Lipinski definition) is 5. The Labute approximate surface area is 163 Å². The Morgan fingerprint density at radius 2 is 1.86 bits per heavy atom. The minimum atomic E-state index is -0.0872. The van der Waals surface area contributed by atoms with E-state index in [0.717, 1.165) is 41.2 Å². The van der Waals surface area contributed by atoms with Gasteiger partial charge in [0.1, 0.15) is 0 Å². The largest absolute Gasteiger partial charge is 0.354 e. The number of nitrogens with one attached hydrogen (secondary N) is 2. The second-order valence-corrected chi connectivity index (χ2v) is 6.58. The first-order valence-corrected chi connectivity index (χ1v) is 9.01. The molecule has 138 valence electrons. The summed E-state index contributed by atoms with van der Waals surface area (Å²) in [4.78, 5) is 18.8. The Morgan fingerprint density at radius 1 is 1.11 bits per heavy atom. The molecule has 0 radical (unpaired) electrons. The van der Waals surface area contributed by atoms with E-state index in [1.807, 2.05) is 42.5 Å². The predicted octanol–water partition coefficient (Wildman–Crippen LogP) is 3.36. The van der Waals surface area contributed by atoms with Gasteiger partial charge < -0.3 is 15.5 Å². The number of aliphatic imine (C=N–C) groups is 1. The maximum Gasteiger partial charge on any atom is 0.258 e. The zero-order valence-electron chi connectivity index (χ0n) is 15.4. The third-order valence-electron chi connectivity index (χ3n) is 4.71. The van der Waals surface area contributed by atoms with Gasteiger partial charge in [0, 0.05) is 30.5 Å². The van der Waals surface area contributed by atoms with Crippen LogP contribution in [0, 0.1) is 11.3 Å². The van der Waals surface area contributed by atoms with Crippen molar-refractivity contribution in [3.8, 4) is 6.07 Å². The summed E-state index contributed by atoms with van der Waals surface area (Å²) in [5.41, 5.74) is 2.91. The lowest BCUT2D eigenvalue weighted by atomic mass is 10.1. The Balaban J connectivity index is 1.52. The molecule has 0 aliphatic carbocycles. The quantitative estimate of drug-likeness (QED) is 0.742. The van der Waals surface area contributed by atoms with Gasteiger partial charge in [0.25, 0.3) is 5.91 Å². The monoisotopic (exact) mass is 369 g/mol. The second kappa shape index (κ2) is 7.41. The van der Waals surface area contributed by atoms with Crippen molar-refractivity contribution in [1.29, 1.82) is 5.26 Å². The molecular weight excluding hydrogens is 350 g/mol. The lowest BCUT2D eigenvalue weighted by Gasteiger charge is -2.18. The second-order valence-electron chi connectivity index (χ2n) is 6.58. The number of fused-ring (bicyclic) bond motifs is 1. The number of hydrogen-bond donors (Lipinski definition) is 2. The minimum absolute atomic E-state index is 0.0872. The van der Waals surface area contributed by atoms with Gasteiger partial charge in [-0.15, -0.1) is 0 Å². The lowest BCUT2D eigenvalue weighted by molar-refractivity contribution is 0.0993. The highest BCUT2D eigenvalue weighted by Crippen LogP contribution is 2.24. The number of carbonyl (C=O) groups excluding carboxylic acids is 1. The fourth-order valence-corrected chi connectivity index (χ4v) is 3.14. The van der Waals surface area contributed by atoms with Gasteiger partial charge in [0.15, 0.2) is 5.96 Å². The number of guanidine groups is 1. The molecule has 6 heteroatoms. The van der Waals surface area contributed by atoms with Crippen LogP contribution in [-0.2, 0) is 0 Å². The first-order valence-electron chi connectivity index (χ1n) is 9.01. The van der Waals surface area contributed by atoms with Crippen molar-refractivity contribution in [3.05, 3.63) is 71.8 Å². The van der Waals surface area contributed by atoms with Crippen molar-refractivity contribution in [3.63, 3.8) is 0 Å². The summed E-state index contributed by atoms with van der Waals surface area (Å²) in [5, 5.41) is 17.3. The lowest BCUT2D eigenvalue weighted by Crippen LogP contribution is -2.27. The molecular formula is C22H19N5O. The van der Waals surface area contributed by atoms with Gasteiger partial charge in [-0.25, -0.2) is 0 Å². The van der Waals surface area contributed by atoms with Crippen LogP contribution in [0.1, 0.15) is 15.9 Å². The molecule has 0 aromatic heterocycles. The van der Waals surface area contributed by atoms with Crippen LogP contribution in [-0.4, -0.2) is 32.0 Å². The number of carbonyl (C=O) groups is 1. The highest BCUT2D eigenvalue weighted by Gasteiger charge is 2.14. The van der Waals surface area contributed by atoms with Crippen LogP contribution in [0.4, 0.5) is 11.4 Å². The van der Waals surface area contributed by atoms with Crippen LogP contribution in [0.3, 0.4) is 0 Å². The van der Waals surface area contributed by atoms with Crippen molar-refractivity contribution in [2.24, 2.45) is 4.99 Å². The summed E-state index contributed by atoms with van der Waals surface area (Å²) in [5.74, 6) is 0.669. The van der Waals surface area contributed by atoms with Crippen LogP contribution in [0.25, 0.3) is 10.8 Å².